The van der Waals surface area contributed by atoms with Crippen LogP contribution < -0.4 is 19.7 Å². The standard InChI is InChI=1S/C25H18BrFN2O6/c1-34-21-12-15(11-20(26)22(21)35-13-14-3-2-4-16(27)9-14)10-19-23(31)28-25(33)29(24(19)32)17-5-7-18(30)8-6-17/h2-12,30H,13H2,1H3,(H,28,31,33)/b19-10+. The van der Waals surface area contributed by atoms with Gasteiger partial charge < -0.3 is 14.6 Å². The average molecular weight is 541 g/mol. The lowest BCUT2D eigenvalue weighted by Crippen LogP contribution is -2.54. The number of urea groups is 1. The number of barbiturate groups is 1. The summed E-state index contributed by atoms with van der Waals surface area (Å²) in [6.45, 7) is 0.0811. The van der Waals surface area contributed by atoms with E-state index in [2.05, 4.69) is 21.2 Å². The van der Waals surface area contributed by atoms with E-state index in [1.165, 1.54) is 49.6 Å². The highest BCUT2D eigenvalue weighted by Gasteiger charge is 2.36. The molecule has 0 atom stereocenters. The maximum Gasteiger partial charge on any atom is 0.335 e. The van der Waals surface area contributed by atoms with Gasteiger partial charge in [0.05, 0.1) is 17.3 Å². The van der Waals surface area contributed by atoms with E-state index in [9.17, 15) is 23.9 Å². The number of imide groups is 2. The largest absolute Gasteiger partial charge is 0.508 e. The van der Waals surface area contributed by atoms with Crippen LogP contribution in [0.1, 0.15) is 11.1 Å². The Morgan fingerprint density at radius 1 is 1.09 bits per heavy atom. The molecule has 0 bridgehead atoms. The highest BCUT2D eigenvalue weighted by atomic mass is 79.9. The van der Waals surface area contributed by atoms with Crippen molar-refractivity contribution in [2.24, 2.45) is 0 Å². The number of amides is 4. The Bertz CT molecular complexity index is 1360. The van der Waals surface area contributed by atoms with Gasteiger partial charge in [0.15, 0.2) is 11.5 Å². The average Bonchev–Trinajstić information content (AvgIpc) is 2.82. The minimum atomic E-state index is -0.900. The number of nitrogens with zero attached hydrogens (tertiary/aromatic N) is 1. The maximum atomic E-state index is 13.4. The van der Waals surface area contributed by atoms with Gasteiger partial charge in [-0.15, -0.1) is 0 Å². The lowest BCUT2D eigenvalue weighted by Gasteiger charge is -2.26. The van der Waals surface area contributed by atoms with Crippen molar-refractivity contribution < 1.29 is 33.4 Å². The third kappa shape index (κ3) is 5.17. The van der Waals surface area contributed by atoms with Crippen molar-refractivity contribution in [3.8, 4) is 17.2 Å². The van der Waals surface area contributed by atoms with Crippen LogP contribution >= 0.6 is 15.9 Å². The van der Waals surface area contributed by atoms with E-state index < -0.39 is 17.8 Å². The molecule has 35 heavy (non-hydrogen) atoms. The smallest absolute Gasteiger partial charge is 0.335 e. The molecule has 2 N–H and O–H groups in total. The van der Waals surface area contributed by atoms with Gasteiger partial charge in [0, 0.05) is 0 Å². The molecule has 178 valence electrons. The third-order valence-corrected chi connectivity index (χ3v) is 5.63. The summed E-state index contributed by atoms with van der Waals surface area (Å²) in [7, 11) is 1.43. The van der Waals surface area contributed by atoms with Crippen LogP contribution in [0, 0.1) is 5.82 Å². The first-order valence-corrected chi connectivity index (χ1v) is 11.0. The molecule has 10 heteroatoms. The number of methoxy groups -OCH3 is 1. The zero-order valence-electron chi connectivity index (χ0n) is 18.2. The predicted octanol–water partition coefficient (Wildman–Crippen LogP) is 4.55. The summed E-state index contributed by atoms with van der Waals surface area (Å²) < 4.78 is 25.1. The minimum absolute atomic E-state index is 0.0397. The molecule has 1 heterocycles. The zero-order chi connectivity index (χ0) is 25.1. The van der Waals surface area contributed by atoms with E-state index in [1.54, 1.807) is 24.3 Å². The first-order chi connectivity index (χ1) is 16.8. The van der Waals surface area contributed by atoms with Gasteiger partial charge in [-0.2, -0.15) is 0 Å². The summed E-state index contributed by atoms with van der Waals surface area (Å²) >= 11 is 3.40. The molecule has 0 spiro atoms. The summed E-state index contributed by atoms with van der Waals surface area (Å²) in [4.78, 5) is 38.6. The Hall–Kier alpha value is -4.18. The van der Waals surface area contributed by atoms with Crippen molar-refractivity contribution in [1.29, 1.82) is 0 Å². The van der Waals surface area contributed by atoms with E-state index in [4.69, 9.17) is 9.47 Å². The second kappa shape index (κ2) is 9.98. The molecule has 0 saturated carbocycles. The van der Waals surface area contributed by atoms with E-state index in [-0.39, 0.29) is 29.4 Å². The lowest BCUT2D eigenvalue weighted by molar-refractivity contribution is -0.122. The molecule has 0 radical (unpaired) electrons. The second-order valence-electron chi connectivity index (χ2n) is 7.43. The van der Waals surface area contributed by atoms with Crippen LogP contribution in [0.3, 0.4) is 0 Å². The van der Waals surface area contributed by atoms with E-state index in [0.29, 0.717) is 27.1 Å². The topological polar surface area (TPSA) is 105 Å². The number of aromatic hydroxyl groups is 1. The summed E-state index contributed by atoms with van der Waals surface area (Å²) in [6.07, 6.45) is 1.32. The fourth-order valence-electron chi connectivity index (χ4n) is 3.41. The summed E-state index contributed by atoms with van der Waals surface area (Å²) in [5.74, 6) is -1.45. The molecule has 3 aromatic carbocycles. The normalized spacial score (nSPS) is 14.8. The number of phenols is 1. The Morgan fingerprint density at radius 2 is 1.83 bits per heavy atom. The number of ether oxygens (including phenoxy) is 2. The molecular weight excluding hydrogens is 523 g/mol. The lowest BCUT2D eigenvalue weighted by atomic mass is 10.1. The van der Waals surface area contributed by atoms with Gasteiger partial charge in [0.25, 0.3) is 11.8 Å². The predicted molar refractivity (Wildman–Crippen MR) is 129 cm³/mol. The number of benzene rings is 3. The van der Waals surface area contributed by atoms with Crippen molar-refractivity contribution >= 4 is 45.5 Å². The number of rotatable bonds is 6. The molecule has 8 nitrogen and oxygen atoms in total. The van der Waals surface area contributed by atoms with Gasteiger partial charge in [-0.25, -0.2) is 14.1 Å². The van der Waals surface area contributed by atoms with Gasteiger partial charge >= 0.3 is 6.03 Å². The molecule has 1 fully saturated rings. The monoisotopic (exact) mass is 540 g/mol. The molecule has 0 unspecified atom stereocenters. The van der Waals surface area contributed by atoms with E-state index >= 15 is 0 Å². The number of halogens is 2. The fourth-order valence-corrected chi connectivity index (χ4v) is 3.98. The van der Waals surface area contributed by atoms with Gasteiger partial charge in [-0.05, 0) is 81.7 Å². The van der Waals surface area contributed by atoms with Crippen molar-refractivity contribution in [3.63, 3.8) is 0 Å². The molecule has 3 aromatic rings. The van der Waals surface area contributed by atoms with E-state index in [1.807, 2.05) is 0 Å². The number of nitrogens with one attached hydrogen (secondary N) is 1. The van der Waals surface area contributed by atoms with Crippen LogP contribution in [0.2, 0.25) is 0 Å². The number of hydrogen-bond donors (Lipinski definition) is 2. The van der Waals surface area contributed by atoms with Gasteiger partial charge in [-0.1, -0.05) is 12.1 Å². The molecule has 1 saturated heterocycles. The zero-order valence-corrected chi connectivity index (χ0v) is 19.8. The molecule has 4 amide bonds. The van der Waals surface area contributed by atoms with Crippen molar-refractivity contribution in [2.45, 2.75) is 6.61 Å². The highest BCUT2D eigenvalue weighted by molar-refractivity contribution is 9.10. The van der Waals surface area contributed by atoms with Crippen LogP contribution in [0.25, 0.3) is 6.08 Å². The Balaban J connectivity index is 1.64. The van der Waals surface area contributed by atoms with Crippen LogP contribution in [-0.4, -0.2) is 30.1 Å². The van der Waals surface area contributed by atoms with Crippen LogP contribution in [0.15, 0.2) is 70.7 Å². The Kier molecular flexibility index (Phi) is 6.83. The van der Waals surface area contributed by atoms with Crippen molar-refractivity contribution in [3.05, 3.63) is 87.7 Å². The fraction of sp³-hybridized carbons (Fsp3) is 0.0800. The molecule has 4 rings (SSSR count). The summed E-state index contributed by atoms with van der Waals surface area (Å²) in [5.41, 5.74) is 0.947. The first-order valence-electron chi connectivity index (χ1n) is 10.2. The molecule has 0 aromatic heterocycles. The third-order valence-electron chi connectivity index (χ3n) is 5.04. The molecular formula is C25H18BrFN2O6. The Morgan fingerprint density at radius 3 is 2.51 bits per heavy atom. The summed E-state index contributed by atoms with van der Waals surface area (Å²) in [5, 5.41) is 11.6. The number of phenolic OH excluding ortho intramolecular Hbond substituents is 1. The van der Waals surface area contributed by atoms with Crippen LogP contribution in [0.5, 0.6) is 17.2 Å². The van der Waals surface area contributed by atoms with Crippen molar-refractivity contribution in [2.75, 3.05) is 12.0 Å². The second-order valence-corrected chi connectivity index (χ2v) is 8.28. The Labute approximate surface area is 207 Å². The summed E-state index contributed by atoms with van der Waals surface area (Å²) in [6, 6.07) is 13.6. The molecule has 0 aliphatic carbocycles. The highest BCUT2D eigenvalue weighted by Crippen LogP contribution is 2.38. The van der Waals surface area contributed by atoms with Gasteiger partial charge in [0.1, 0.15) is 23.7 Å². The number of anilines is 1. The van der Waals surface area contributed by atoms with E-state index in [0.717, 1.165) is 4.90 Å². The van der Waals surface area contributed by atoms with Crippen LogP contribution in [0.4, 0.5) is 14.9 Å². The maximum absolute atomic E-state index is 13.4. The minimum Gasteiger partial charge on any atom is -0.508 e. The van der Waals surface area contributed by atoms with Gasteiger partial charge in [-0.3, -0.25) is 14.9 Å². The van der Waals surface area contributed by atoms with Crippen LogP contribution in [-0.2, 0) is 16.2 Å². The first kappa shape index (κ1) is 24.0. The number of hydrogen-bond acceptors (Lipinski definition) is 6. The molecule has 1 aliphatic heterocycles. The SMILES string of the molecule is COc1cc(/C=C2\C(=O)NC(=O)N(c3ccc(O)cc3)C2=O)cc(Br)c1OCc1cccc(F)c1. The van der Waals surface area contributed by atoms with Crippen molar-refractivity contribution in [1.82, 2.24) is 5.32 Å². The number of carbonyl (C=O) groups is 3. The quantitative estimate of drug-likeness (QED) is 0.351. The number of carbonyl (C=O) groups excluding carboxylic acids is 3. The molecule has 1 aliphatic rings. The van der Waals surface area contributed by atoms with Gasteiger partial charge in [0.2, 0.25) is 0 Å².